The number of benzene rings is 2. The smallest absolute Gasteiger partial charge is 0.270 e. The number of primary amides is 1. The number of hydrogen-bond donors (Lipinski definition) is 3. The summed E-state index contributed by atoms with van der Waals surface area (Å²) in [5.41, 5.74) is 8.48. The molecule has 0 fully saturated rings. The standard InChI is InChI=1S/C24H19N7O2S/c25-21(32)20-23(30-22(33)17-8-6-15(7-9-17)13-31-12-11-26-14-31)34-24(29-20)28-18-5-1-3-16-4-2-10-27-19(16)18/h1-12,14H,13H2,(H2,25,32)(H,28,29)(H,30,33). The number of imidazole rings is 1. The summed E-state index contributed by atoms with van der Waals surface area (Å²) in [7, 11) is 0. The zero-order chi connectivity index (χ0) is 23.5. The molecule has 34 heavy (non-hydrogen) atoms. The summed E-state index contributed by atoms with van der Waals surface area (Å²) in [6.07, 6.45) is 7.02. The number of rotatable bonds is 7. The summed E-state index contributed by atoms with van der Waals surface area (Å²) in [4.78, 5) is 37.5. The predicted molar refractivity (Wildman–Crippen MR) is 131 cm³/mol. The minimum absolute atomic E-state index is 0.00854. The van der Waals surface area contributed by atoms with E-state index in [0.717, 1.165) is 33.5 Å². The molecule has 9 nitrogen and oxygen atoms in total. The first-order valence-electron chi connectivity index (χ1n) is 10.3. The van der Waals surface area contributed by atoms with Gasteiger partial charge < -0.3 is 20.9 Å². The van der Waals surface area contributed by atoms with Crippen molar-refractivity contribution in [1.29, 1.82) is 0 Å². The third-order valence-electron chi connectivity index (χ3n) is 5.10. The Hall–Kier alpha value is -4.57. The molecule has 0 saturated carbocycles. The molecule has 0 unspecified atom stereocenters. The van der Waals surface area contributed by atoms with Crippen LogP contribution >= 0.6 is 11.3 Å². The van der Waals surface area contributed by atoms with E-state index >= 15 is 0 Å². The normalized spacial score (nSPS) is 10.8. The van der Waals surface area contributed by atoms with Crippen LogP contribution in [-0.4, -0.2) is 31.3 Å². The zero-order valence-corrected chi connectivity index (χ0v) is 18.6. The quantitative estimate of drug-likeness (QED) is 0.330. The zero-order valence-electron chi connectivity index (χ0n) is 17.8. The van der Waals surface area contributed by atoms with Crippen LogP contribution < -0.4 is 16.4 Å². The van der Waals surface area contributed by atoms with Gasteiger partial charge in [-0.05, 0) is 29.8 Å². The first-order valence-corrected chi connectivity index (χ1v) is 11.2. The largest absolute Gasteiger partial charge is 0.364 e. The van der Waals surface area contributed by atoms with Gasteiger partial charge in [0.2, 0.25) is 0 Å². The Morgan fingerprint density at radius 1 is 1.03 bits per heavy atom. The van der Waals surface area contributed by atoms with Gasteiger partial charge in [0.1, 0.15) is 5.00 Å². The van der Waals surface area contributed by atoms with E-state index in [1.807, 2.05) is 53.2 Å². The fourth-order valence-electron chi connectivity index (χ4n) is 3.47. The Morgan fingerprint density at radius 2 is 1.85 bits per heavy atom. The minimum Gasteiger partial charge on any atom is -0.364 e. The van der Waals surface area contributed by atoms with Crippen molar-refractivity contribution < 1.29 is 9.59 Å². The van der Waals surface area contributed by atoms with Crippen molar-refractivity contribution >= 4 is 49.9 Å². The Morgan fingerprint density at radius 3 is 2.62 bits per heavy atom. The molecule has 0 bridgehead atoms. The number of thiazole rings is 1. The van der Waals surface area contributed by atoms with Crippen molar-refractivity contribution in [3.05, 3.63) is 96.3 Å². The van der Waals surface area contributed by atoms with Crippen molar-refractivity contribution in [2.24, 2.45) is 5.73 Å². The molecule has 168 valence electrons. The van der Waals surface area contributed by atoms with E-state index in [9.17, 15) is 9.59 Å². The van der Waals surface area contributed by atoms with Gasteiger partial charge in [0, 0.05) is 36.1 Å². The molecule has 0 saturated heterocycles. The molecule has 2 amide bonds. The molecule has 0 spiro atoms. The van der Waals surface area contributed by atoms with E-state index in [4.69, 9.17) is 5.73 Å². The number of amides is 2. The molecule has 10 heteroatoms. The van der Waals surface area contributed by atoms with Crippen LogP contribution in [0.1, 0.15) is 26.4 Å². The molecule has 2 aromatic carbocycles. The Labute approximate surface area is 198 Å². The number of para-hydroxylation sites is 1. The highest BCUT2D eigenvalue weighted by atomic mass is 32.1. The van der Waals surface area contributed by atoms with Crippen molar-refractivity contribution in [2.45, 2.75) is 6.54 Å². The molecule has 0 aliphatic heterocycles. The number of pyridine rings is 1. The molecular weight excluding hydrogens is 450 g/mol. The predicted octanol–water partition coefficient (Wildman–Crippen LogP) is 4.03. The maximum absolute atomic E-state index is 12.8. The number of carbonyl (C=O) groups is 2. The lowest BCUT2D eigenvalue weighted by Crippen LogP contribution is -2.17. The Balaban J connectivity index is 1.35. The number of hydrogen-bond acceptors (Lipinski definition) is 7. The van der Waals surface area contributed by atoms with Crippen molar-refractivity contribution in [3.8, 4) is 0 Å². The van der Waals surface area contributed by atoms with Crippen LogP contribution in [-0.2, 0) is 6.54 Å². The summed E-state index contributed by atoms with van der Waals surface area (Å²) in [5.74, 6) is -1.09. The molecule has 3 aromatic heterocycles. The van der Waals surface area contributed by atoms with Crippen LogP contribution in [0.15, 0.2) is 79.5 Å². The second-order valence-electron chi connectivity index (χ2n) is 7.45. The maximum Gasteiger partial charge on any atom is 0.270 e. The fraction of sp³-hybridized carbons (Fsp3) is 0.0417. The van der Waals surface area contributed by atoms with Crippen LogP contribution in [0, 0.1) is 0 Å². The lowest BCUT2D eigenvalue weighted by Gasteiger charge is -2.06. The van der Waals surface area contributed by atoms with E-state index in [-0.39, 0.29) is 16.6 Å². The maximum atomic E-state index is 12.8. The SMILES string of the molecule is NC(=O)c1nc(Nc2cccc3cccnc23)sc1NC(=O)c1ccc(Cn2ccnc2)cc1. The first-order chi connectivity index (χ1) is 16.6. The number of nitrogens with zero attached hydrogens (tertiary/aromatic N) is 4. The average Bonchev–Trinajstić information content (AvgIpc) is 3.50. The second-order valence-corrected chi connectivity index (χ2v) is 8.45. The monoisotopic (exact) mass is 469 g/mol. The number of anilines is 3. The topological polar surface area (TPSA) is 128 Å². The van der Waals surface area contributed by atoms with Crippen LogP contribution in [0.3, 0.4) is 0 Å². The average molecular weight is 470 g/mol. The number of carbonyl (C=O) groups excluding carboxylic acids is 2. The van der Waals surface area contributed by atoms with Gasteiger partial charge in [0.25, 0.3) is 11.8 Å². The van der Waals surface area contributed by atoms with E-state index in [0.29, 0.717) is 17.2 Å². The highest BCUT2D eigenvalue weighted by Gasteiger charge is 2.19. The molecular formula is C24H19N7O2S. The van der Waals surface area contributed by atoms with E-state index in [1.165, 1.54) is 0 Å². The Kier molecular flexibility index (Phi) is 5.71. The number of fused-ring (bicyclic) bond motifs is 1. The van der Waals surface area contributed by atoms with Gasteiger partial charge in [-0.25, -0.2) is 9.97 Å². The summed E-state index contributed by atoms with van der Waals surface area (Å²) in [6.45, 7) is 0.653. The third-order valence-corrected chi connectivity index (χ3v) is 5.99. The van der Waals surface area contributed by atoms with Crippen molar-refractivity contribution in [3.63, 3.8) is 0 Å². The Bertz CT molecular complexity index is 1470. The van der Waals surface area contributed by atoms with E-state index < -0.39 is 5.91 Å². The molecule has 0 aliphatic carbocycles. The van der Waals surface area contributed by atoms with E-state index in [1.54, 1.807) is 30.9 Å². The molecule has 0 aliphatic rings. The van der Waals surface area contributed by atoms with Gasteiger partial charge in [0.05, 0.1) is 17.5 Å². The van der Waals surface area contributed by atoms with Gasteiger partial charge in [0.15, 0.2) is 10.8 Å². The molecule has 0 atom stereocenters. The number of nitrogens with one attached hydrogen (secondary N) is 2. The minimum atomic E-state index is -0.730. The fourth-order valence-corrected chi connectivity index (χ4v) is 4.35. The highest BCUT2D eigenvalue weighted by Crippen LogP contribution is 2.32. The van der Waals surface area contributed by atoms with Gasteiger partial charge in [-0.2, -0.15) is 0 Å². The summed E-state index contributed by atoms with van der Waals surface area (Å²) < 4.78 is 1.94. The summed E-state index contributed by atoms with van der Waals surface area (Å²) in [5, 5.41) is 7.60. The van der Waals surface area contributed by atoms with Crippen molar-refractivity contribution in [2.75, 3.05) is 10.6 Å². The summed E-state index contributed by atoms with van der Waals surface area (Å²) >= 11 is 1.13. The van der Waals surface area contributed by atoms with Crippen LogP contribution in [0.25, 0.3) is 10.9 Å². The van der Waals surface area contributed by atoms with Gasteiger partial charge in [-0.1, -0.05) is 41.7 Å². The molecule has 0 radical (unpaired) electrons. The lowest BCUT2D eigenvalue weighted by atomic mass is 10.1. The van der Waals surface area contributed by atoms with Gasteiger partial charge in [-0.3, -0.25) is 14.6 Å². The third kappa shape index (κ3) is 4.48. The highest BCUT2D eigenvalue weighted by molar-refractivity contribution is 7.20. The molecule has 3 heterocycles. The molecule has 5 rings (SSSR count). The number of nitrogens with two attached hydrogens (primary N) is 1. The van der Waals surface area contributed by atoms with Gasteiger partial charge in [-0.15, -0.1) is 0 Å². The van der Waals surface area contributed by atoms with Gasteiger partial charge >= 0.3 is 0 Å². The second kappa shape index (κ2) is 9.12. The number of aromatic nitrogens is 4. The molecule has 5 aromatic rings. The molecule has 4 N–H and O–H groups in total. The summed E-state index contributed by atoms with van der Waals surface area (Å²) in [6, 6.07) is 16.7. The van der Waals surface area contributed by atoms with Crippen LogP contribution in [0.5, 0.6) is 0 Å². The lowest BCUT2D eigenvalue weighted by molar-refractivity contribution is 0.0997. The van der Waals surface area contributed by atoms with Crippen LogP contribution in [0.4, 0.5) is 15.8 Å². The first kappa shape index (κ1) is 21.3. The van der Waals surface area contributed by atoms with Crippen molar-refractivity contribution in [1.82, 2.24) is 19.5 Å². The van der Waals surface area contributed by atoms with E-state index in [2.05, 4.69) is 25.6 Å². The van der Waals surface area contributed by atoms with Crippen LogP contribution in [0.2, 0.25) is 0 Å².